The molecule has 0 unspecified atom stereocenters. The van der Waals surface area contributed by atoms with Crippen LogP contribution in [0.15, 0.2) is 71.6 Å². The molecule has 2 aromatic heterocycles. The van der Waals surface area contributed by atoms with Gasteiger partial charge in [0.2, 0.25) is 0 Å². The monoisotopic (exact) mass is 390 g/mol. The number of halogens is 1. The summed E-state index contributed by atoms with van der Waals surface area (Å²) in [6.45, 7) is 4.80. The Morgan fingerprint density at radius 3 is 2.45 bits per heavy atom. The van der Waals surface area contributed by atoms with Gasteiger partial charge in [-0.2, -0.15) is 5.10 Å². The highest BCUT2D eigenvalue weighted by molar-refractivity contribution is 5.63. The maximum Gasteiger partial charge on any atom is 0.124 e. The third-order valence-electron chi connectivity index (χ3n) is 5.17. The van der Waals surface area contributed by atoms with E-state index in [-0.39, 0.29) is 11.9 Å². The van der Waals surface area contributed by atoms with Gasteiger partial charge < -0.3 is 4.52 Å². The zero-order valence-corrected chi connectivity index (χ0v) is 16.7. The Morgan fingerprint density at radius 2 is 1.79 bits per heavy atom. The lowest BCUT2D eigenvalue weighted by Gasteiger charge is -2.22. The number of aryl methyl sites for hydroxylation is 1. The van der Waals surface area contributed by atoms with E-state index in [0.717, 1.165) is 28.2 Å². The van der Waals surface area contributed by atoms with Crippen LogP contribution in [0.25, 0.3) is 16.9 Å². The van der Waals surface area contributed by atoms with Crippen LogP contribution in [0.4, 0.5) is 4.39 Å². The Kier molecular flexibility index (Phi) is 5.27. The van der Waals surface area contributed by atoms with E-state index in [1.54, 1.807) is 18.4 Å². The van der Waals surface area contributed by atoms with E-state index in [1.807, 2.05) is 36.1 Å². The van der Waals surface area contributed by atoms with Crippen LogP contribution in [0.3, 0.4) is 0 Å². The molecule has 0 radical (unpaired) electrons. The van der Waals surface area contributed by atoms with Crippen LogP contribution in [-0.2, 0) is 6.54 Å². The van der Waals surface area contributed by atoms with E-state index >= 15 is 0 Å². The summed E-state index contributed by atoms with van der Waals surface area (Å²) in [4.78, 5) is 2.18. The maximum absolute atomic E-state index is 13.4. The van der Waals surface area contributed by atoms with Crippen LogP contribution in [-0.4, -0.2) is 26.9 Å². The number of hydrogen-bond donors (Lipinski definition) is 0. The molecule has 0 amide bonds. The number of hydrogen-bond acceptors (Lipinski definition) is 4. The van der Waals surface area contributed by atoms with E-state index in [4.69, 9.17) is 9.62 Å². The third kappa shape index (κ3) is 4.12. The van der Waals surface area contributed by atoms with E-state index in [1.165, 1.54) is 17.7 Å². The Labute approximate surface area is 169 Å². The van der Waals surface area contributed by atoms with Gasteiger partial charge in [-0.15, -0.1) is 0 Å². The first kappa shape index (κ1) is 19.1. The fourth-order valence-electron chi connectivity index (χ4n) is 3.27. The lowest BCUT2D eigenvalue weighted by molar-refractivity contribution is 0.241. The minimum Gasteiger partial charge on any atom is -0.364 e. The standard InChI is InChI=1S/C23H23FN4O/c1-16-4-10-21(11-5-16)28-15-19(14-27(3)17(2)22-12-13-29-26-22)23(25-28)18-6-8-20(24)9-7-18/h4-13,15,17H,14H2,1-3H3/t17-/m1/s1. The normalized spacial score (nSPS) is 12.4. The average molecular weight is 390 g/mol. The molecule has 0 fully saturated rings. The van der Waals surface area contributed by atoms with Crippen molar-refractivity contribution in [2.45, 2.75) is 26.4 Å². The van der Waals surface area contributed by atoms with E-state index < -0.39 is 0 Å². The summed E-state index contributed by atoms with van der Waals surface area (Å²) in [6, 6.07) is 16.6. The Balaban J connectivity index is 1.70. The molecule has 0 aliphatic rings. The van der Waals surface area contributed by atoms with E-state index in [2.05, 4.69) is 36.0 Å². The van der Waals surface area contributed by atoms with E-state index in [9.17, 15) is 4.39 Å². The number of nitrogens with zero attached hydrogens (tertiary/aromatic N) is 4. The van der Waals surface area contributed by atoms with Crippen LogP contribution >= 0.6 is 0 Å². The predicted octanol–water partition coefficient (Wildman–Crippen LogP) is 5.17. The van der Waals surface area contributed by atoms with Crippen LogP contribution in [0.2, 0.25) is 0 Å². The smallest absolute Gasteiger partial charge is 0.124 e. The molecule has 0 aliphatic carbocycles. The number of aromatic nitrogens is 3. The highest BCUT2D eigenvalue weighted by atomic mass is 19.1. The van der Waals surface area contributed by atoms with Crippen molar-refractivity contribution in [1.29, 1.82) is 0 Å². The minimum atomic E-state index is -0.259. The third-order valence-corrected chi connectivity index (χ3v) is 5.17. The highest BCUT2D eigenvalue weighted by Crippen LogP contribution is 2.27. The lowest BCUT2D eigenvalue weighted by atomic mass is 10.1. The van der Waals surface area contributed by atoms with Gasteiger partial charge in [0.05, 0.1) is 17.4 Å². The summed E-state index contributed by atoms with van der Waals surface area (Å²) >= 11 is 0. The van der Waals surface area contributed by atoms with Crippen LogP contribution in [0.5, 0.6) is 0 Å². The first-order valence-corrected chi connectivity index (χ1v) is 9.53. The largest absolute Gasteiger partial charge is 0.364 e. The molecular formula is C23H23FN4O. The number of benzene rings is 2. The summed E-state index contributed by atoms with van der Waals surface area (Å²) in [5.41, 5.74) is 5.83. The van der Waals surface area contributed by atoms with Gasteiger partial charge >= 0.3 is 0 Å². The SMILES string of the molecule is Cc1ccc(-n2cc(CN(C)[C@H](C)c3ccon3)c(-c3ccc(F)cc3)n2)cc1. The molecule has 6 heteroatoms. The Hall–Kier alpha value is -3.25. The van der Waals surface area contributed by atoms with Crippen molar-refractivity contribution in [1.82, 2.24) is 19.8 Å². The van der Waals surface area contributed by atoms with Crippen LogP contribution in [0.1, 0.15) is 29.8 Å². The molecule has 0 aliphatic heterocycles. The summed E-state index contributed by atoms with van der Waals surface area (Å²) in [6.07, 6.45) is 3.62. The van der Waals surface area contributed by atoms with Crippen molar-refractivity contribution >= 4 is 0 Å². The van der Waals surface area contributed by atoms with Crippen LogP contribution < -0.4 is 0 Å². The van der Waals surface area contributed by atoms with Gasteiger partial charge in [0.1, 0.15) is 17.8 Å². The van der Waals surface area contributed by atoms with Crippen molar-refractivity contribution in [3.05, 3.63) is 89.7 Å². The summed E-state index contributed by atoms with van der Waals surface area (Å²) in [5.74, 6) is -0.259. The lowest BCUT2D eigenvalue weighted by Crippen LogP contribution is -2.22. The van der Waals surface area contributed by atoms with Crippen molar-refractivity contribution in [3.63, 3.8) is 0 Å². The molecule has 1 atom stereocenters. The van der Waals surface area contributed by atoms with Gasteiger partial charge in [-0.05, 0) is 57.3 Å². The second-order valence-corrected chi connectivity index (χ2v) is 7.31. The fourth-order valence-corrected chi connectivity index (χ4v) is 3.27. The van der Waals surface area contributed by atoms with Crippen molar-refractivity contribution in [2.24, 2.45) is 0 Å². The maximum atomic E-state index is 13.4. The molecule has 5 nitrogen and oxygen atoms in total. The molecule has 0 saturated heterocycles. The van der Waals surface area contributed by atoms with Gasteiger partial charge in [0.15, 0.2) is 0 Å². The summed E-state index contributed by atoms with van der Waals surface area (Å²) in [7, 11) is 2.04. The first-order chi connectivity index (χ1) is 14.0. The molecular weight excluding hydrogens is 367 g/mol. The quantitative estimate of drug-likeness (QED) is 0.456. The second kappa shape index (κ2) is 8.01. The topological polar surface area (TPSA) is 47.1 Å². The molecule has 0 bridgehead atoms. The molecule has 4 aromatic rings. The average Bonchev–Trinajstić information content (AvgIpc) is 3.39. The Bertz CT molecular complexity index is 1070. The molecule has 2 aromatic carbocycles. The molecule has 0 spiro atoms. The van der Waals surface area contributed by atoms with Gasteiger partial charge in [0.25, 0.3) is 0 Å². The van der Waals surface area contributed by atoms with Gasteiger partial charge in [-0.1, -0.05) is 22.9 Å². The highest BCUT2D eigenvalue weighted by Gasteiger charge is 2.19. The summed E-state index contributed by atoms with van der Waals surface area (Å²) in [5, 5.41) is 8.87. The zero-order chi connectivity index (χ0) is 20.4. The van der Waals surface area contributed by atoms with Crippen LogP contribution in [0, 0.1) is 12.7 Å². The van der Waals surface area contributed by atoms with Crippen molar-refractivity contribution in [3.8, 4) is 16.9 Å². The zero-order valence-electron chi connectivity index (χ0n) is 16.7. The van der Waals surface area contributed by atoms with Crippen molar-refractivity contribution in [2.75, 3.05) is 7.05 Å². The second-order valence-electron chi connectivity index (χ2n) is 7.31. The molecule has 148 valence electrons. The minimum absolute atomic E-state index is 0.0811. The van der Waals surface area contributed by atoms with Gasteiger partial charge in [-0.3, -0.25) is 4.90 Å². The van der Waals surface area contributed by atoms with Gasteiger partial charge in [-0.25, -0.2) is 9.07 Å². The molecule has 0 N–H and O–H groups in total. The van der Waals surface area contributed by atoms with Gasteiger partial charge in [0, 0.05) is 29.9 Å². The Morgan fingerprint density at radius 1 is 1.07 bits per heavy atom. The molecule has 0 saturated carbocycles. The fraction of sp³-hybridized carbons (Fsp3) is 0.217. The molecule has 4 rings (SSSR count). The molecule has 29 heavy (non-hydrogen) atoms. The first-order valence-electron chi connectivity index (χ1n) is 9.53. The predicted molar refractivity (Wildman–Crippen MR) is 110 cm³/mol. The van der Waals surface area contributed by atoms with E-state index in [0.29, 0.717) is 6.54 Å². The molecule has 2 heterocycles. The summed E-state index contributed by atoms with van der Waals surface area (Å²) < 4.78 is 20.3. The van der Waals surface area contributed by atoms with Crippen molar-refractivity contribution < 1.29 is 8.91 Å². The number of rotatable bonds is 6.